The van der Waals surface area contributed by atoms with Gasteiger partial charge < -0.3 is 9.84 Å². The fourth-order valence-electron chi connectivity index (χ4n) is 2.28. The number of likely N-dealkylation sites (N-methyl/N-ethyl adjacent to an activating group) is 1. The van der Waals surface area contributed by atoms with Gasteiger partial charge in [0.25, 0.3) is 0 Å². The molecule has 0 aromatic carbocycles. The Balaban J connectivity index is 2.40. The summed E-state index contributed by atoms with van der Waals surface area (Å²) < 4.78 is 5.08. The standard InChI is InChI=1S/C11H23NO2/c1-3-12(8-9-14-2)10-6-4-5-7-11(10)13/h10-11,13H,3-9H2,1-2H3/t10-,11-/m1/s1. The first-order valence-corrected chi connectivity index (χ1v) is 5.70. The van der Waals surface area contributed by atoms with Gasteiger partial charge in [-0.3, -0.25) is 4.90 Å². The van der Waals surface area contributed by atoms with E-state index in [1.165, 1.54) is 12.8 Å². The number of hydrogen-bond acceptors (Lipinski definition) is 3. The molecule has 1 aliphatic carbocycles. The van der Waals surface area contributed by atoms with Crippen LogP contribution in [0.3, 0.4) is 0 Å². The van der Waals surface area contributed by atoms with E-state index < -0.39 is 0 Å². The Hall–Kier alpha value is -0.120. The first-order valence-electron chi connectivity index (χ1n) is 5.70. The van der Waals surface area contributed by atoms with Crippen molar-refractivity contribution in [3.63, 3.8) is 0 Å². The van der Waals surface area contributed by atoms with Gasteiger partial charge in [-0.05, 0) is 19.4 Å². The van der Waals surface area contributed by atoms with Crippen molar-refractivity contribution < 1.29 is 9.84 Å². The third kappa shape index (κ3) is 3.23. The SMILES string of the molecule is CCN(CCOC)[C@@H]1CCCC[C@H]1O. The van der Waals surface area contributed by atoms with Crippen LogP contribution in [0, 0.1) is 0 Å². The van der Waals surface area contributed by atoms with E-state index in [9.17, 15) is 5.11 Å². The number of nitrogens with zero attached hydrogens (tertiary/aromatic N) is 1. The molecule has 0 bridgehead atoms. The summed E-state index contributed by atoms with van der Waals surface area (Å²) in [6.07, 6.45) is 4.41. The molecule has 3 nitrogen and oxygen atoms in total. The van der Waals surface area contributed by atoms with Crippen LogP contribution in [0.5, 0.6) is 0 Å². The van der Waals surface area contributed by atoms with Crippen LogP contribution >= 0.6 is 0 Å². The number of ether oxygens (including phenoxy) is 1. The quantitative estimate of drug-likeness (QED) is 0.727. The van der Waals surface area contributed by atoms with Gasteiger partial charge in [-0.15, -0.1) is 0 Å². The van der Waals surface area contributed by atoms with Gasteiger partial charge in [0, 0.05) is 19.7 Å². The Morgan fingerprint density at radius 1 is 1.36 bits per heavy atom. The smallest absolute Gasteiger partial charge is 0.0695 e. The lowest BCUT2D eigenvalue weighted by Crippen LogP contribution is -2.46. The summed E-state index contributed by atoms with van der Waals surface area (Å²) in [6, 6.07) is 0.365. The summed E-state index contributed by atoms with van der Waals surface area (Å²) in [5.74, 6) is 0. The molecule has 0 aromatic rings. The predicted octanol–water partition coefficient (Wildman–Crippen LogP) is 1.26. The molecule has 0 unspecified atom stereocenters. The molecule has 3 heteroatoms. The van der Waals surface area contributed by atoms with Gasteiger partial charge in [-0.25, -0.2) is 0 Å². The zero-order chi connectivity index (χ0) is 10.4. The molecule has 1 aliphatic rings. The summed E-state index contributed by atoms with van der Waals surface area (Å²) in [7, 11) is 1.73. The Labute approximate surface area is 87.1 Å². The molecule has 0 radical (unpaired) electrons. The highest BCUT2D eigenvalue weighted by Gasteiger charge is 2.27. The normalized spacial score (nSPS) is 28.3. The van der Waals surface area contributed by atoms with Crippen molar-refractivity contribution in [2.24, 2.45) is 0 Å². The second-order valence-electron chi connectivity index (χ2n) is 4.04. The molecule has 0 heterocycles. The molecule has 1 N–H and O–H groups in total. The van der Waals surface area contributed by atoms with E-state index in [-0.39, 0.29) is 6.10 Å². The van der Waals surface area contributed by atoms with Gasteiger partial charge in [-0.1, -0.05) is 19.8 Å². The van der Waals surface area contributed by atoms with Crippen molar-refractivity contribution in [3.8, 4) is 0 Å². The molecule has 0 aromatic heterocycles. The average Bonchev–Trinajstić information content (AvgIpc) is 2.21. The Morgan fingerprint density at radius 3 is 2.64 bits per heavy atom. The van der Waals surface area contributed by atoms with Crippen LogP contribution in [-0.2, 0) is 4.74 Å². The van der Waals surface area contributed by atoms with Crippen molar-refractivity contribution in [2.75, 3.05) is 26.8 Å². The molecule has 14 heavy (non-hydrogen) atoms. The summed E-state index contributed by atoms with van der Waals surface area (Å²) in [5.41, 5.74) is 0. The molecule has 1 fully saturated rings. The van der Waals surface area contributed by atoms with Gasteiger partial charge in [0.05, 0.1) is 12.7 Å². The number of aliphatic hydroxyl groups is 1. The highest BCUT2D eigenvalue weighted by molar-refractivity contribution is 4.82. The second kappa shape index (κ2) is 6.38. The van der Waals surface area contributed by atoms with Crippen molar-refractivity contribution >= 4 is 0 Å². The molecule has 2 atom stereocenters. The second-order valence-corrected chi connectivity index (χ2v) is 4.04. The van der Waals surface area contributed by atoms with Crippen LogP contribution < -0.4 is 0 Å². The van der Waals surface area contributed by atoms with Gasteiger partial charge in [0.2, 0.25) is 0 Å². The van der Waals surface area contributed by atoms with Gasteiger partial charge in [0.15, 0.2) is 0 Å². The van der Waals surface area contributed by atoms with Crippen LogP contribution in [0.1, 0.15) is 32.6 Å². The number of aliphatic hydroxyl groups excluding tert-OH is 1. The van der Waals surface area contributed by atoms with Gasteiger partial charge in [0.1, 0.15) is 0 Å². The zero-order valence-corrected chi connectivity index (χ0v) is 9.41. The van der Waals surface area contributed by atoms with Crippen molar-refractivity contribution in [1.29, 1.82) is 0 Å². The Bertz CT molecular complexity index is 152. The fourth-order valence-corrected chi connectivity index (χ4v) is 2.28. The number of hydrogen-bond donors (Lipinski definition) is 1. The van der Waals surface area contributed by atoms with E-state index in [1.54, 1.807) is 7.11 Å². The molecule has 1 saturated carbocycles. The number of methoxy groups -OCH3 is 1. The first kappa shape index (κ1) is 12.0. The largest absolute Gasteiger partial charge is 0.391 e. The van der Waals surface area contributed by atoms with Crippen LogP contribution in [0.25, 0.3) is 0 Å². The molecule has 0 saturated heterocycles. The third-order valence-corrected chi connectivity index (χ3v) is 3.15. The van der Waals surface area contributed by atoms with Crippen molar-refractivity contribution in [2.45, 2.75) is 44.8 Å². The van der Waals surface area contributed by atoms with E-state index >= 15 is 0 Å². The van der Waals surface area contributed by atoms with E-state index in [4.69, 9.17) is 4.74 Å². The molecule has 0 aliphatic heterocycles. The van der Waals surface area contributed by atoms with Crippen LogP contribution in [-0.4, -0.2) is 49.0 Å². The molecule has 84 valence electrons. The molecule has 0 spiro atoms. The highest BCUT2D eigenvalue weighted by Crippen LogP contribution is 2.22. The van der Waals surface area contributed by atoms with Gasteiger partial charge >= 0.3 is 0 Å². The topological polar surface area (TPSA) is 32.7 Å². The van der Waals surface area contributed by atoms with Crippen LogP contribution in [0.4, 0.5) is 0 Å². The minimum absolute atomic E-state index is 0.124. The Morgan fingerprint density at radius 2 is 2.07 bits per heavy atom. The van der Waals surface area contributed by atoms with Crippen LogP contribution in [0.15, 0.2) is 0 Å². The monoisotopic (exact) mass is 201 g/mol. The third-order valence-electron chi connectivity index (χ3n) is 3.15. The molecule has 1 rings (SSSR count). The summed E-state index contributed by atoms with van der Waals surface area (Å²) in [5, 5.41) is 9.89. The molecule has 0 amide bonds. The lowest BCUT2D eigenvalue weighted by atomic mass is 9.91. The molecular weight excluding hydrogens is 178 g/mol. The minimum Gasteiger partial charge on any atom is -0.391 e. The fraction of sp³-hybridized carbons (Fsp3) is 1.00. The Kier molecular flexibility index (Phi) is 5.45. The molecular formula is C11H23NO2. The zero-order valence-electron chi connectivity index (χ0n) is 9.41. The summed E-state index contributed by atoms with van der Waals surface area (Å²) >= 11 is 0. The maximum atomic E-state index is 9.89. The lowest BCUT2D eigenvalue weighted by Gasteiger charge is -2.36. The predicted molar refractivity (Wildman–Crippen MR) is 57.4 cm³/mol. The summed E-state index contributed by atoms with van der Waals surface area (Å²) in [6.45, 7) is 4.86. The number of rotatable bonds is 5. The van der Waals surface area contributed by atoms with Crippen molar-refractivity contribution in [3.05, 3.63) is 0 Å². The highest BCUT2D eigenvalue weighted by atomic mass is 16.5. The maximum absolute atomic E-state index is 9.89. The maximum Gasteiger partial charge on any atom is 0.0695 e. The van der Waals surface area contributed by atoms with E-state index in [0.717, 1.165) is 32.5 Å². The van der Waals surface area contributed by atoms with Crippen molar-refractivity contribution in [1.82, 2.24) is 4.90 Å². The average molecular weight is 201 g/mol. The minimum atomic E-state index is -0.124. The van der Waals surface area contributed by atoms with Crippen LogP contribution in [0.2, 0.25) is 0 Å². The summed E-state index contributed by atoms with van der Waals surface area (Å²) in [4.78, 5) is 2.34. The van der Waals surface area contributed by atoms with E-state index in [1.807, 2.05) is 0 Å². The van der Waals surface area contributed by atoms with E-state index in [2.05, 4.69) is 11.8 Å². The lowest BCUT2D eigenvalue weighted by molar-refractivity contribution is 0.0115. The van der Waals surface area contributed by atoms with E-state index in [0.29, 0.717) is 6.04 Å². The first-order chi connectivity index (χ1) is 6.79. The van der Waals surface area contributed by atoms with Gasteiger partial charge in [-0.2, -0.15) is 0 Å².